The van der Waals surface area contributed by atoms with Crippen LogP contribution in [-0.2, 0) is 26.9 Å². The minimum absolute atomic E-state index is 0.0300. The Bertz CT molecular complexity index is 1530. The van der Waals surface area contributed by atoms with E-state index in [9.17, 15) is 20.1 Å². The molecule has 5 rings (SSSR count). The first-order chi connectivity index (χ1) is 23.1. The zero-order chi connectivity index (χ0) is 34.1. The summed E-state index contributed by atoms with van der Waals surface area (Å²) in [5, 5.41) is 37.2. The molecule has 0 aromatic heterocycles. The van der Waals surface area contributed by atoms with Gasteiger partial charge in [-0.05, 0) is 45.1 Å². The lowest BCUT2D eigenvalue weighted by molar-refractivity contribution is -0.276. The Hall–Kier alpha value is -4.03. The molecule has 1 aliphatic rings. The summed E-state index contributed by atoms with van der Waals surface area (Å²) in [5.74, 6) is 0.410. The second-order valence-corrected chi connectivity index (χ2v) is 17.3. The second-order valence-electron chi connectivity index (χ2n) is 13.0. The molecule has 1 saturated heterocycles. The fraction of sp³-hybridized carbons (Fsp3) is 0.342. The Morgan fingerprint density at radius 2 is 1.31 bits per heavy atom. The first-order valence-electron chi connectivity index (χ1n) is 16.2. The summed E-state index contributed by atoms with van der Waals surface area (Å²) in [6.07, 6.45) is -6.54. The quantitative estimate of drug-likeness (QED) is 0.167. The third kappa shape index (κ3) is 8.33. The van der Waals surface area contributed by atoms with Crippen molar-refractivity contribution in [3.8, 4) is 5.75 Å². The van der Waals surface area contributed by atoms with Crippen LogP contribution in [0.1, 0.15) is 31.9 Å². The number of benzene rings is 4. The Balaban J connectivity index is 1.21. The Morgan fingerprint density at radius 3 is 1.88 bits per heavy atom. The maximum absolute atomic E-state index is 12.0. The number of carbonyl (C=O) groups is 1. The zero-order valence-corrected chi connectivity index (χ0v) is 28.6. The van der Waals surface area contributed by atoms with Crippen LogP contribution in [0, 0.1) is 0 Å². The largest absolute Gasteiger partial charge is 0.462 e. The van der Waals surface area contributed by atoms with Crippen molar-refractivity contribution in [3.05, 3.63) is 126 Å². The third-order valence-corrected chi connectivity index (χ3v) is 13.6. The monoisotopic (exact) mass is 671 g/mol. The second kappa shape index (κ2) is 15.9. The summed E-state index contributed by atoms with van der Waals surface area (Å²) in [5.41, 5.74) is 1.86. The molecule has 0 saturated carbocycles. The predicted octanol–water partition coefficient (Wildman–Crippen LogP) is 3.92. The number of aliphatic hydroxyl groups is 3. The van der Waals surface area contributed by atoms with Gasteiger partial charge in [-0.1, -0.05) is 124 Å². The average Bonchev–Trinajstić information content (AvgIpc) is 3.10. The van der Waals surface area contributed by atoms with Crippen LogP contribution in [0.5, 0.6) is 5.75 Å². The fourth-order valence-electron chi connectivity index (χ4n) is 6.07. The molecule has 0 aliphatic carbocycles. The number of hydrogen-bond donors (Lipinski definition) is 4. The van der Waals surface area contributed by atoms with Crippen LogP contribution in [-0.4, -0.2) is 73.6 Å². The molecule has 4 aromatic carbocycles. The van der Waals surface area contributed by atoms with Crippen molar-refractivity contribution in [3.63, 3.8) is 0 Å². The molecule has 0 spiro atoms. The van der Waals surface area contributed by atoms with Gasteiger partial charge in [0, 0.05) is 6.54 Å². The normalized spacial score (nSPS) is 21.3. The van der Waals surface area contributed by atoms with Gasteiger partial charge in [0.05, 0.1) is 6.61 Å². The van der Waals surface area contributed by atoms with E-state index in [0.717, 1.165) is 21.5 Å². The van der Waals surface area contributed by atoms with Crippen molar-refractivity contribution < 1.29 is 38.8 Å². The van der Waals surface area contributed by atoms with E-state index in [-0.39, 0.29) is 18.3 Å². The molecule has 0 bridgehead atoms. The third-order valence-electron chi connectivity index (χ3n) is 8.62. The summed E-state index contributed by atoms with van der Waals surface area (Å²) in [6, 6.07) is 36.8. The van der Waals surface area contributed by atoms with Gasteiger partial charge in [0.1, 0.15) is 36.8 Å². The number of alkyl carbamates (subject to hydrolysis) is 1. The number of rotatable bonds is 12. The summed E-state index contributed by atoms with van der Waals surface area (Å²) in [4.78, 5) is 12.0. The van der Waals surface area contributed by atoms with Gasteiger partial charge in [-0.3, -0.25) is 0 Å². The number of carbonyl (C=O) groups excluding carboxylic acids is 1. The lowest BCUT2D eigenvalue weighted by Gasteiger charge is -2.45. The Kier molecular flexibility index (Phi) is 11.7. The number of ether oxygens (including phenoxy) is 3. The van der Waals surface area contributed by atoms with Gasteiger partial charge >= 0.3 is 6.09 Å². The maximum Gasteiger partial charge on any atom is 0.407 e. The highest BCUT2D eigenvalue weighted by Gasteiger charge is 2.52. The van der Waals surface area contributed by atoms with Crippen LogP contribution in [0.3, 0.4) is 0 Å². The number of amides is 1. The minimum Gasteiger partial charge on any atom is -0.462 e. The molecule has 5 atom stereocenters. The van der Waals surface area contributed by atoms with Gasteiger partial charge in [0.15, 0.2) is 0 Å². The first kappa shape index (κ1) is 35.3. The first-order valence-corrected chi connectivity index (χ1v) is 18.1. The van der Waals surface area contributed by atoms with E-state index in [1.807, 2.05) is 78.9 Å². The highest BCUT2D eigenvalue weighted by Crippen LogP contribution is 2.37. The molecule has 1 amide bonds. The van der Waals surface area contributed by atoms with Gasteiger partial charge in [0.25, 0.3) is 8.32 Å². The van der Waals surface area contributed by atoms with Crippen molar-refractivity contribution in [1.29, 1.82) is 0 Å². The number of hydrogen-bond acceptors (Lipinski definition) is 8. The topological polar surface area (TPSA) is 127 Å². The maximum atomic E-state index is 12.0. The zero-order valence-electron chi connectivity index (χ0n) is 27.6. The SMILES string of the molecule is CC(C)(C)[Si](OCC1O[C@H](Oc2ccc(CCNC(=O)OCc3ccccc3)cc2)C(O)[C@@H](O)[C@@H]1O)(c1ccccc1)c1ccccc1. The van der Waals surface area contributed by atoms with Crippen LogP contribution < -0.4 is 20.4 Å². The van der Waals surface area contributed by atoms with Gasteiger partial charge < -0.3 is 39.3 Å². The molecular formula is C38H45NO8Si. The molecule has 0 radical (unpaired) electrons. The summed E-state index contributed by atoms with van der Waals surface area (Å²) >= 11 is 0. The molecular weight excluding hydrogens is 627 g/mol. The molecule has 10 heteroatoms. The van der Waals surface area contributed by atoms with Crippen molar-refractivity contribution in [1.82, 2.24) is 5.32 Å². The highest BCUT2D eigenvalue weighted by molar-refractivity contribution is 6.99. The molecule has 48 heavy (non-hydrogen) atoms. The van der Waals surface area contributed by atoms with Crippen LogP contribution in [0.2, 0.25) is 5.04 Å². The van der Waals surface area contributed by atoms with E-state index in [4.69, 9.17) is 18.6 Å². The minimum atomic E-state index is -2.95. The lowest BCUT2D eigenvalue weighted by atomic mass is 9.99. The van der Waals surface area contributed by atoms with Crippen molar-refractivity contribution >= 4 is 24.8 Å². The van der Waals surface area contributed by atoms with E-state index in [1.54, 1.807) is 12.1 Å². The van der Waals surface area contributed by atoms with Gasteiger partial charge in [0.2, 0.25) is 6.29 Å². The van der Waals surface area contributed by atoms with Crippen LogP contribution in [0.4, 0.5) is 4.79 Å². The summed E-state index contributed by atoms with van der Waals surface area (Å²) in [6.45, 7) is 7.01. The van der Waals surface area contributed by atoms with Gasteiger partial charge in [-0.2, -0.15) is 0 Å². The van der Waals surface area contributed by atoms with Gasteiger partial charge in [-0.25, -0.2) is 4.79 Å². The molecule has 4 aromatic rings. The molecule has 9 nitrogen and oxygen atoms in total. The van der Waals surface area contributed by atoms with E-state index in [0.29, 0.717) is 18.7 Å². The fourth-order valence-corrected chi connectivity index (χ4v) is 10.6. The van der Waals surface area contributed by atoms with E-state index < -0.39 is 45.1 Å². The number of aliphatic hydroxyl groups excluding tert-OH is 3. The van der Waals surface area contributed by atoms with Crippen LogP contribution in [0.15, 0.2) is 115 Å². The molecule has 1 fully saturated rings. The van der Waals surface area contributed by atoms with Crippen molar-refractivity contribution in [2.75, 3.05) is 13.2 Å². The average molecular weight is 672 g/mol. The molecule has 254 valence electrons. The van der Waals surface area contributed by atoms with E-state index in [2.05, 4.69) is 50.4 Å². The molecule has 4 N–H and O–H groups in total. The smallest absolute Gasteiger partial charge is 0.407 e. The van der Waals surface area contributed by atoms with Crippen molar-refractivity contribution in [2.24, 2.45) is 0 Å². The summed E-state index contributed by atoms with van der Waals surface area (Å²) in [7, 11) is -2.95. The van der Waals surface area contributed by atoms with E-state index in [1.165, 1.54) is 0 Å². The van der Waals surface area contributed by atoms with Gasteiger partial charge in [-0.15, -0.1) is 0 Å². The predicted molar refractivity (Wildman–Crippen MR) is 186 cm³/mol. The Morgan fingerprint density at radius 1 is 0.750 bits per heavy atom. The molecule has 2 unspecified atom stereocenters. The summed E-state index contributed by atoms with van der Waals surface area (Å²) < 4.78 is 24.3. The van der Waals surface area contributed by atoms with Crippen LogP contribution >= 0.6 is 0 Å². The molecule has 1 heterocycles. The van der Waals surface area contributed by atoms with Crippen LogP contribution in [0.25, 0.3) is 0 Å². The highest BCUT2D eigenvalue weighted by atomic mass is 28.4. The molecule has 1 aliphatic heterocycles. The van der Waals surface area contributed by atoms with Crippen molar-refractivity contribution in [2.45, 2.75) is 69.5 Å². The standard InChI is InChI=1S/C38H45NO8Si/c1-38(2,3)48(30-15-9-5-10-16-30,31-17-11-6-12-18-31)45-26-32-33(40)34(41)35(42)36(47-32)46-29-21-19-27(20-22-29)23-24-39-37(43)44-25-28-13-7-4-8-14-28/h4-22,32-36,40-42H,23-26H2,1-3H3,(H,39,43)/t32?,33-,34+,35?,36+/m1/s1. The Labute approximate surface area is 283 Å². The number of nitrogens with one attached hydrogen (secondary N) is 1. The lowest BCUT2D eigenvalue weighted by Crippen LogP contribution is -2.68. The van der Waals surface area contributed by atoms with E-state index >= 15 is 0 Å².